The Kier molecular flexibility index (Phi) is 5.16. The fourth-order valence-electron chi connectivity index (χ4n) is 1.81. The normalized spacial score (nSPS) is 10.1. The van der Waals surface area contributed by atoms with Gasteiger partial charge in [-0.15, -0.1) is 0 Å². The molecule has 0 saturated carbocycles. The van der Waals surface area contributed by atoms with Gasteiger partial charge in [0.2, 0.25) is 0 Å². The average Bonchev–Trinajstić information content (AvgIpc) is 2.55. The molecule has 0 aromatic heterocycles. The van der Waals surface area contributed by atoms with E-state index in [0.29, 0.717) is 15.4 Å². The second-order valence-electron chi connectivity index (χ2n) is 4.22. The number of methoxy groups -OCH3 is 2. The van der Waals surface area contributed by atoms with Crippen LogP contribution in [0.25, 0.3) is 0 Å². The number of hydrogen-bond donors (Lipinski definition) is 0. The molecule has 0 fully saturated rings. The standard InChI is InChI=1S/C16H13FO4S/c1-20-15(18)11-5-3-4-6-13(11)22-14-8-7-10(17)9-12(14)16(19)21-2/h3-9H,1-2H3. The molecule has 0 radical (unpaired) electrons. The predicted molar refractivity (Wildman–Crippen MR) is 79.6 cm³/mol. The van der Waals surface area contributed by atoms with Crippen LogP contribution in [0.1, 0.15) is 20.7 Å². The first-order valence-electron chi connectivity index (χ1n) is 6.30. The van der Waals surface area contributed by atoms with Crippen molar-refractivity contribution in [2.75, 3.05) is 14.2 Å². The molecule has 0 bridgehead atoms. The van der Waals surface area contributed by atoms with E-state index in [9.17, 15) is 14.0 Å². The van der Waals surface area contributed by atoms with E-state index in [2.05, 4.69) is 4.74 Å². The average molecular weight is 320 g/mol. The number of hydrogen-bond acceptors (Lipinski definition) is 5. The van der Waals surface area contributed by atoms with Gasteiger partial charge in [0.15, 0.2) is 0 Å². The van der Waals surface area contributed by atoms with Crippen molar-refractivity contribution in [3.63, 3.8) is 0 Å². The number of benzene rings is 2. The molecule has 22 heavy (non-hydrogen) atoms. The Bertz CT molecular complexity index is 715. The van der Waals surface area contributed by atoms with Crippen molar-refractivity contribution in [3.8, 4) is 0 Å². The molecule has 0 aliphatic carbocycles. The molecule has 0 aliphatic rings. The summed E-state index contributed by atoms with van der Waals surface area (Å²) in [5.74, 6) is -1.66. The van der Waals surface area contributed by atoms with Crippen LogP contribution in [-0.2, 0) is 9.47 Å². The highest BCUT2D eigenvalue weighted by Gasteiger charge is 2.17. The maximum Gasteiger partial charge on any atom is 0.339 e. The lowest BCUT2D eigenvalue weighted by Crippen LogP contribution is -2.05. The lowest BCUT2D eigenvalue weighted by molar-refractivity contribution is 0.0588. The molecule has 0 spiro atoms. The minimum absolute atomic E-state index is 0.104. The van der Waals surface area contributed by atoms with E-state index in [1.807, 2.05) is 0 Å². The predicted octanol–water partition coefficient (Wildman–Crippen LogP) is 3.55. The zero-order valence-electron chi connectivity index (χ0n) is 12.0. The van der Waals surface area contributed by atoms with Gasteiger partial charge in [-0.05, 0) is 30.3 Å². The van der Waals surface area contributed by atoms with Crippen molar-refractivity contribution < 1.29 is 23.5 Å². The van der Waals surface area contributed by atoms with E-state index in [-0.39, 0.29) is 5.56 Å². The Labute approximate surface area is 131 Å². The topological polar surface area (TPSA) is 52.6 Å². The second kappa shape index (κ2) is 7.09. The van der Waals surface area contributed by atoms with Gasteiger partial charge in [0.1, 0.15) is 5.82 Å². The molecule has 2 rings (SSSR count). The van der Waals surface area contributed by atoms with Gasteiger partial charge in [0.05, 0.1) is 25.3 Å². The number of esters is 2. The Hall–Kier alpha value is -2.34. The van der Waals surface area contributed by atoms with E-state index in [1.165, 1.54) is 38.1 Å². The number of rotatable bonds is 4. The molecule has 2 aromatic carbocycles. The highest BCUT2D eigenvalue weighted by atomic mass is 32.2. The summed E-state index contributed by atoms with van der Waals surface area (Å²) in [6, 6.07) is 10.6. The van der Waals surface area contributed by atoms with Gasteiger partial charge in [-0.1, -0.05) is 23.9 Å². The van der Waals surface area contributed by atoms with Gasteiger partial charge in [-0.3, -0.25) is 0 Å². The van der Waals surface area contributed by atoms with Crippen molar-refractivity contribution in [2.24, 2.45) is 0 Å². The SMILES string of the molecule is COC(=O)c1ccccc1Sc1ccc(F)cc1C(=O)OC. The molecule has 0 unspecified atom stereocenters. The molecule has 0 heterocycles. The van der Waals surface area contributed by atoms with E-state index < -0.39 is 17.8 Å². The summed E-state index contributed by atoms with van der Waals surface area (Å²) in [6.07, 6.45) is 0. The quantitative estimate of drug-likeness (QED) is 0.806. The second-order valence-corrected chi connectivity index (χ2v) is 5.31. The molecule has 2 aromatic rings. The van der Waals surface area contributed by atoms with Gasteiger partial charge in [-0.25, -0.2) is 14.0 Å². The molecule has 0 saturated heterocycles. The molecule has 0 amide bonds. The molecule has 4 nitrogen and oxygen atoms in total. The number of carbonyl (C=O) groups excluding carboxylic acids is 2. The zero-order valence-corrected chi connectivity index (χ0v) is 12.8. The summed E-state index contributed by atoms with van der Waals surface area (Å²) in [4.78, 5) is 24.6. The molecular weight excluding hydrogens is 307 g/mol. The van der Waals surface area contributed by atoms with Gasteiger partial charge in [0, 0.05) is 9.79 Å². The van der Waals surface area contributed by atoms with Crippen LogP contribution < -0.4 is 0 Å². The molecular formula is C16H13FO4S. The zero-order chi connectivity index (χ0) is 16.1. The van der Waals surface area contributed by atoms with Crippen molar-refractivity contribution in [3.05, 3.63) is 59.4 Å². The lowest BCUT2D eigenvalue weighted by Gasteiger charge is -2.10. The van der Waals surface area contributed by atoms with Gasteiger partial charge < -0.3 is 9.47 Å². The minimum Gasteiger partial charge on any atom is -0.465 e. The maximum absolute atomic E-state index is 13.4. The monoisotopic (exact) mass is 320 g/mol. The van der Waals surface area contributed by atoms with Crippen LogP contribution in [0, 0.1) is 5.82 Å². The fraction of sp³-hybridized carbons (Fsp3) is 0.125. The first-order chi connectivity index (χ1) is 10.6. The number of halogens is 1. The Balaban J connectivity index is 2.44. The van der Waals surface area contributed by atoms with Crippen LogP contribution >= 0.6 is 11.8 Å². The van der Waals surface area contributed by atoms with Crippen molar-refractivity contribution >= 4 is 23.7 Å². The van der Waals surface area contributed by atoms with Gasteiger partial charge >= 0.3 is 11.9 Å². The Morgan fingerprint density at radius 2 is 1.50 bits per heavy atom. The molecule has 0 aliphatic heterocycles. The van der Waals surface area contributed by atoms with E-state index >= 15 is 0 Å². The lowest BCUT2D eigenvalue weighted by atomic mass is 10.2. The van der Waals surface area contributed by atoms with Crippen LogP contribution in [0.2, 0.25) is 0 Å². The van der Waals surface area contributed by atoms with Crippen molar-refractivity contribution in [1.82, 2.24) is 0 Å². The third kappa shape index (κ3) is 3.46. The van der Waals surface area contributed by atoms with Crippen LogP contribution in [0.3, 0.4) is 0 Å². The Morgan fingerprint density at radius 1 is 0.909 bits per heavy atom. The fourth-order valence-corrected chi connectivity index (χ4v) is 2.85. The van der Waals surface area contributed by atoms with E-state index in [0.717, 1.165) is 6.07 Å². The molecule has 0 atom stereocenters. The maximum atomic E-state index is 13.4. The first kappa shape index (κ1) is 16.0. The van der Waals surface area contributed by atoms with Gasteiger partial charge in [0.25, 0.3) is 0 Å². The van der Waals surface area contributed by atoms with Crippen LogP contribution in [0.15, 0.2) is 52.3 Å². The van der Waals surface area contributed by atoms with E-state index in [1.54, 1.807) is 24.3 Å². The number of carbonyl (C=O) groups is 2. The minimum atomic E-state index is -0.641. The third-order valence-electron chi connectivity index (χ3n) is 2.86. The summed E-state index contributed by atoms with van der Waals surface area (Å²) in [6.45, 7) is 0. The third-order valence-corrected chi connectivity index (χ3v) is 4.01. The molecule has 114 valence electrons. The summed E-state index contributed by atoms with van der Waals surface area (Å²) in [7, 11) is 2.52. The first-order valence-corrected chi connectivity index (χ1v) is 7.11. The van der Waals surface area contributed by atoms with E-state index in [4.69, 9.17) is 4.74 Å². The molecule has 0 N–H and O–H groups in total. The summed E-state index contributed by atoms with van der Waals surface area (Å²) in [5, 5.41) is 0. The van der Waals surface area contributed by atoms with Crippen LogP contribution in [0.5, 0.6) is 0 Å². The van der Waals surface area contributed by atoms with Gasteiger partial charge in [-0.2, -0.15) is 0 Å². The van der Waals surface area contributed by atoms with Crippen LogP contribution in [-0.4, -0.2) is 26.2 Å². The highest BCUT2D eigenvalue weighted by molar-refractivity contribution is 7.99. The smallest absolute Gasteiger partial charge is 0.339 e. The largest absolute Gasteiger partial charge is 0.465 e. The van der Waals surface area contributed by atoms with Crippen molar-refractivity contribution in [2.45, 2.75) is 9.79 Å². The number of ether oxygens (including phenoxy) is 2. The summed E-state index contributed by atoms with van der Waals surface area (Å²) < 4.78 is 22.7. The summed E-state index contributed by atoms with van der Waals surface area (Å²) >= 11 is 1.17. The van der Waals surface area contributed by atoms with Crippen molar-refractivity contribution in [1.29, 1.82) is 0 Å². The van der Waals surface area contributed by atoms with Crippen LogP contribution in [0.4, 0.5) is 4.39 Å². The molecule has 6 heteroatoms. The summed E-state index contributed by atoms with van der Waals surface area (Å²) in [5.41, 5.74) is 0.474. The highest BCUT2D eigenvalue weighted by Crippen LogP contribution is 2.33. The Morgan fingerprint density at radius 3 is 2.18 bits per heavy atom.